The van der Waals surface area contributed by atoms with Gasteiger partial charge in [-0.25, -0.2) is 4.98 Å². The molecule has 2 rings (SSSR count). The number of carboxylic acid groups (broad SMARTS) is 1. The van der Waals surface area contributed by atoms with Crippen molar-refractivity contribution in [3.63, 3.8) is 0 Å². The van der Waals surface area contributed by atoms with Gasteiger partial charge in [0.1, 0.15) is 0 Å². The summed E-state index contributed by atoms with van der Waals surface area (Å²) in [6.07, 6.45) is 2.25. The van der Waals surface area contributed by atoms with Crippen LogP contribution in [0.15, 0.2) is 0 Å². The van der Waals surface area contributed by atoms with E-state index in [0.717, 1.165) is 11.4 Å². The minimum Gasteiger partial charge on any atom is -0.481 e. The molecule has 1 fully saturated rings. The van der Waals surface area contributed by atoms with Gasteiger partial charge in [0, 0.05) is 5.92 Å². The number of amides is 1. The second kappa shape index (κ2) is 5.94. The first-order chi connectivity index (χ1) is 9.47. The summed E-state index contributed by atoms with van der Waals surface area (Å²) in [5.74, 6) is -1.21. The molecule has 1 aliphatic carbocycles. The van der Waals surface area contributed by atoms with Crippen molar-refractivity contribution in [2.45, 2.75) is 39.5 Å². The fourth-order valence-corrected chi connectivity index (χ4v) is 2.32. The fourth-order valence-electron chi connectivity index (χ4n) is 2.32. The first-order valence-electron chi connectivity index (χ1n) is 6.69. The van der Waals surface area contributed by atoms with Crippen LogP contribution >= 0.6 is 0 Å². The highest BCUT2D eigenvalue weighted by atomic mass is 16.4. The lowest BCUT2D eigenvalue weighted by Crippen LogP contribution is -2.30. The van der Waals surface area contributed by atoms with Crippen LogP contribution in [0.25, 0.3) is 0 Å². The third-order valence-electron chi connectivity index (χ3n) is 3.77. The van der Waals surface area contributed by atoms with Gasteiger partial charge in [-0.1, -0.05) is 0 Å². The normalized spacial score (nSPS) is 22.3. The highest BCUT2D eigenvalue weighted by Crippen LogP contribution is 2.29. The molecule has 1 aromatic rings. The van der Waals surface area contributed by atoms with E-state index in [1.807, 2.05) is 0 Å². The number of carbonyl (C=O) groups excluding carboxylic acids is 1. The number of aromatic nitrogens is 3. The Labute approximate surface area is 116 Å². The summed E-state index contributed by atoms with van der Waals surface area (Å²) in [5, 5.41) is 19.3. The molecule has 1 amide bonds. The molecular formula is C13H18N4O3. The molecule has 108 valence electrons. The van der Waals surface area contributed by atoms with E-state index in [4.69, 9.17) is 5.11 Å². The van der Waals surface area contributed by atoms with Crippen LogP contribution in [0.5, 0.6) is 0 Å². The van der Waals surface area contributed by atoms with Gasteiger partial charge in [0.05, 0.1) is 17.3 Å². The number of nitrogens with one attached hydrogen (secondary N) is 1. The molecule has 0 aliphatic heterocycles. The monoisotopic (exact) mass is 278 g/mol. The van der Waals surface area contributed by atoms with E-state index in [0.29, 0.717) is 25.7 Å². The summed E-state index contributed by atoms with van der Waals surface area (Å²) in [5.41, 5.74) is 1.45. The Bertz CT molecular complexity index is 524. The van der Waals surface area contributed by atoms with Gasteiger partial charge in [-0.2, -0.15) is 5.10 Å². The molecule has 1 aromatic heterocycles. The topological polar surface area (TPSA) is 105 Å². The van der Waals surface area contributed by atoms with Gasteiger partial charge in [0.15, 0.2) is 0 Å². The highest BCUT2D eigenvalue weighted by molar-refractivity contribution is 5.91. The summed E-state index contributed by atoms with van der Waals surface area (Å²) >= 11 is 0. The Morgan fingerprint density at radius 1 is 1.05 bits per heavy atom. The zero-order chi connectivity index (χ0) is 14.7. The lowest BCUT2D eigenvalue weighted by atomic mass is 9.81. The Morgan fingerprint density at radius 2 is 1.65 bits per heavy atom. The Morgan fingerprint density at radius 3 is 2.20 bits per heavy atom. The number of carboxylic acids is 1. The standard InChI is InChI=1S/C13H18N4O3/c1-7-8(2)16-17-13(14-7)15-11(18)9-3-5-10(6-4-9)12(19)20/h9-10H,3-6H2,1-2H3,(H,19,20)(H,14,15,17,18). The number of rotatable bonds is 3. The largest absolute Gasteiger partial charge is 0.481 e. The van der Waals surface area contributed by atoms with E-state index in [9.17, 15) is 9.59 Å². The molecule has 7 nitrogen and oxygen atoms in total. The molecule has 0 unspecified atom stereocenters. The van der Waals surface area contributed by atoms with Gasteiger partial charge >= 0.3 is 5.97 Å². The van der Waals surface area contributed by atoms with Gasteiger partial charge in [0.25, 0.3) is 0 Å². The van der Waals surface area contributed by atoms with Crippen LogP contribution in [0, 0.1) is 25.7 Å². The van der Waals surface area contributed by atoms with Crippen LogP contribution < -0.4 is 5.32 Å². The third kappa shape index (κ3) is 3.28. The van der Waals surface area contributed by atoms with Gasteiger partial charge in [-0.05, 0) is 39.5 Å². The minimum atomic E-state index is -0.773. The maximum Gasteiger partial charge on any atom is 0.306 e. The lowest BCUT2D eigenvalue weighted by Gasteiger charge is -2.24. The van der Waals surface area contributed by atoms with Crippen molar-refractivity contribution in [2.75, 3.05) is 5.32 Å². The van der Waals surface area contributed by atoms with Crippen LogP contribution in [0.3, 0.4) is 0 Å². The second-order valence-electron chi connectivity index (χ2n) is 5.18. The van der Waals surface area contributed by atoms with Crippen molar-refractivity contribution in [3.05, 3.63) is 11.4 Å². The average Bonchev–Trinajstić information content (AvgIpc) is 2.43. The maximum atomic E-state index is 12.1. The molecule has 0 bridgehead atoms. The zero-order valence-electron chi connectivity index (χ0n) is 11.6. The Hall–Kier alpha value is -2.05. The summed E-state index contributed by atoms with van der Waals surface area (Å²) in [6.45, 7) is 3.60. The first kappa shape index (κ1) is 14.4. The Balaban J connectivity index is 1.92. The van der Waals surface area contributed by atoms with Crippen molar-refractivity contribution in [1.29, 1.82) is 0 Å². The quantitative estimate of drug-likeness (QED) is 0.863. The van der Waals surface area contributed by atoms with E-state index in [1.54, 1.807) is 13.8 Å². The van der Waals surface area contributed by atoms with E-state index in [1.165, 1.54) is 0 Å². The van der Waals surface area contributed by atoms with Crippen molar-refractivity contribution in [3.8, 4) is 0 Å². The van der Waals surface area contributed by atoms with Gasteiger partial charge in [-0.3, -0.25) is 14.9 Å². The molecule has 7 heteroatoms. The summed E-state index contributed by atoms with van der Waals surface area (Å²) in [4.78, 5) is 27.1. The predicted octanol–water partition coefficient (Wildman–Crippen LogP) is 1.32. The number of aryl methyl sites for hydroxylation is 2. The van der Waals surface area contributed by atoms with E-state index >= 15 is 0 Å². The molecule has 2 N–H and O–H groups in total. The zero-order valence-corrected chi connectivity index (χ0v) is 11.6. The minimum absolute atomic E-state index is 0.154. The van der Waals surface area contributed by atoms with E-state index in [-0.39, 0.29) is 23.7 Å². The number of carbonyl (C=O) groups is 2. The second-order valence-corrected chi connectivity index (χ2v) is 5.18. The van der Waals surface area contributed by atoms with Crippen molar-refractivity contribution in [2.24, 2.45) is 11.8 Å². The van der Waals surface area contributed by atoms with E-state index < -0.39 is 5.97 Å². The molecule has 20 heavy (non-hydrogen) atoms. The number of anilines is 1. The summed E-state index contributed by atoms with van der Waals surface area (Å²) in [7, 11) is 0. The molecule has 0 aromatic carbocycles. The molecule has 1 saturated carbocycles. The van der Waals surface area contributed by atoms with E-state index in [2.05, 4.69) is 20.5 Å². The van der Waals surface area contributed by atoms with Crippen LogP contribution in [0.4, 0.5) is 5.95 Å². The number of hydrogen-bond donors (Lipinski definition) is 2. The van der Waals surface area contributed by atoms with Crippen molar-refractivity contribution >= 4 is 17.8 Å². The van der Waals surface area contributed by atoms with Crippen LogP contribution in [-0.4, -0.2) is 32.2 Å². The Kier molecular flexibility index (Phi) is 4.26. The number of hydrogen-bond acceptors (Lipinski definition) is 5. The van der Waals surface area contributed by atoms with Gasteiger partial charge in [0.2, 0.25) is 11.9 Å². The lowest BCUT2D eigenvalue weighted by molar-refractivity contribution is -0.143. The SMILES string of the molecule is Cc1nnc(NC(=O)C2CCC(C(=O)O)CC2)nc1C. The molecule has 0 saturated heterocycles. The van der Waals surface area contributed by atoms with Crippen molar-refractivity contribution < 1.29 is 14.7 Å². The van der Waals surface area contributed by atoms with Crippen LogP contribution in [-0.2, 0) is 9.59 Å². The van der Waals surface area contributed by atoms with Gasteiger partial charge in [-0.15, -0.1) is 5.10 Å². The fraction of sp³-hybridized carbons (Fsp3) is 0.615. The predicted molar refractivity (Wildman–Crippen MR) is 71.0 cm³/mol. The molecule has 0 atom stereocenters. The summed E-state index contributed by atoms with van der Waals surface area (Å²) in [6, 6.07) is 0. The molecule has 0 radical (unpaired) electrons. The number of aliphatic carboxylic acids is 1. The number of nitrogens with zero attached hydrogens (tertiary/aromatic N) is 3. The smallest absolute Gasteiger partial charge is 0.306 e. The molecule has 0 spiro atoms. The summed E-state index contributed by atoms with van der Waals surface area (Å²) < 4.78 is 0. The van der Waals surface area contributed by atoms with Crippen LogP contribution in [0.1, 0.15) is 37.1 Å². The molecular weight excluding hydrogens is 260 g/mol. The highest BCUT2D eigenvalue weighted by Gasteiger charge is 2.30. The van der Waals surface area contributed by atoms with Crippen molar-refractivity contribution in [1.82, 2.24) is 15.2 Å². The van der Waals surface area contributed by atoms with Gasteiger partial charge < -0.3 is 5.11 Å². The first-order valence-corrected chi connectivity index (χ1v) is 6.69. The van der Waals surface area contributed by atoms with Crippen LogP contribution in [0.2, 0.25) is 0 Å². The maximum absolute atomic E-state index is 12.1. The molecule has 1 heterocycles. The average molecular weight is 278 g/mol. The molecule has 1 aliphatic rings. The third-order valence-corrected chi connectivity index (χ3v) is 3.77.